The average molecular weight is 456 g/mol. The number of rotatable bonds is 7. The Hall–Kier alpha value is -2.54. The van der Waals surface area contributed by atoms with Gasteiger partial charge in [0.05, 0.1) is 19.2 Å². The van der Waals surface area contributed by atoms with Gasteiger partial charge in [-0.1, -0.05) is 0 Å². The normalized spacial score (nSPS) is 19.2. The van der Waals surface area contributed by atoms with Gasteiger partial charge in [-0.05, 0) is 83.5 Å². The van der Waals surface area contributed by atoms with E-state index in [1.807, 2.05) is 0 Å². The predicted molar refractivity (Wildman–Crippen MR) is 131 cm³/mol. The van der Waals surface area contributed by atoms with Crippen molar-refractivity contribution < 1.29 is 19.4 Å². The molecule has 1 aromatic heterocycles. The van der Waals surface area contributed by atoms with Gasteiger partial charge in [-0.15, -0.1) is 0 Å². The summed E-state index contributed by atoms with van der Waals surface area (Å²) in [5.41, 5.74) is 5.12. The Morgan fingerprint density at radius 3 is 2.64 bits per heavy atom. The average Bonchev–Trinajstić information content (AvgIpc) is 3.51. The molecule has 2 aromatic rings. The van der Waals surface area contributed by atoms with Crippen LogP contribution in [0.4, 0.5) is 5.69 Å². The molecular weight excluding hydrogens is 418 g/mol. The quantitative estimate of drug-likeness (QED) is 0.457. The molecule has 1 aliphatic carbocycles. The number of carbonyl (C=O) groups is 1. The molecule has 3 heterocycles. The van der Waals surface area contributed by atoms with Crippen LogP contribution in [0.5, 0.6) is 11.5 Å². The minimum atomic E-state index is -0.250. The van der Waals surface area contributed by atoms with Gasteiger partial charge in [0, 0.05) is 40.8 Å². The number of hydrogen-bond donors (Lipinski definition) is 2. The molecule has 0 unspecified atom stereocenters. The summed E-state index contributed by atoms with van der Waals surface area (Å²) in [5, 5.41) is 11.9. The fourth-order valence-corrected chi connectivity index (χ4v) is 5.01. The Morgan fingerprint density at radius 2 is 1.97 bits per heavy atom. The molecule has 7 heteroatoms. The number of pyridine rings is 1. The third kappa shape index (κ3) is 5.52. The maximum absolute atomic E-state index is 8.36. The molecular formula is C26H37N3O4. The van der Waals surface area contributed by atoms with E-state index in [0.29, 0.717) is 12.5 Å². The van der Waals surface area contributed by atoms with Crippen LogP contribution in [0.3, 0.4) is 0 Å². The zero-order valence-electron chi connectivity index (χ0n) is 20.2. The van der Waals surface area contributed by atoms with E-state index in [4.69, 9.17) is 24.4 Å². The minimum Gasteiger partial charge on any atom is -0.493 e. The van der Waals surface area contributed by atoms with Crippen molar-refractivity contribution in [2.75, 3.05) is 38.7 Å². The second-order valence-corrected chi connectivity index (χ2v) is 10.0. The van der Waals surface area contributed by atoms with E-state index in [9.17, 15) is 0 Å². The third-order valence-electron chi connectivity index (χ3n) is 6.91. The number of ether oxygens (including phenoxy) is 2. The Balaban J connectivity index is 0.000000821. The first-order chi connectivity index (χ1) is 16.0. The van der Waals surface area contributed by atoms with Crippen molar-refractivity contribution in [3.05, 3.63) is 23.4 Å². The summed E-state index contributed by atoms with van der Waals surface area (Å²) in [6.45, 7) is 8.63. The van der Waals surface area contributed by atoms with Crippen LogP contribution < -0.4 is 14.8 Å². The molecule has 0 amide bonds. The number of carboxylic acid groups (broad SMARTS) is 1. The summed E-state index contributed by atoms with van der Waals surface area (Å²) in [6, 6.07) is 4.22. The summed E-state index contributed by atoms with van der Waals surface area (Å²) in [4.78, 5) is 16.0. The molecule has 33 heavy (non-hydrogen) atoms. The van der Waals surface area contributed by atoms with Crippen LogP contribution in [0.25, 0.3) is 10.9 Å². The first kappa shape index (κ1) is 23.6. The number of nitrogens with one attached hydrogen (secondary N) is 1. The van der Waals surface area contributed by atoms with E-state index in [2.05, 4.69) is 36.2 Å². The number of aromatic nitrogens is 1. The van der Waals surface area contributed by atoms with Gasteiger partial charge in [0.25, 0.3) is 6.47 Å². The van der Waals surface area contributed by atoms with Crippen LogP contribution in [-0.2, 0) is 11.2 Å². The van der Waals surface area contributed by atoms with Crippen LogP contribution in [-0.4, -0.2) is 60.4 Å². The summed E-state index contributed by atoms with van der Waals surface area (Å²) < 4.78 is 11.9. The molecule has 2 N–H and O–H groups in total. The summed E-state index contributed by atoms with van der Waals surface area (Å²) in [6.07, 6.45) is 8.49. The van der Waals surface area contributed by atoms with Gasteiger partial charge in [0.2, 0.25) is 0 Å². The van der Waals surface area contributed by atoms with Gasteiger partial charge in [-0.25, -0.2) is 0 Å². The van der Waals surface area contributed by atoms with Crippen LogP contribution in [0.2, 0.25) is 0 Å². The molecule has 3 aliphatic rings. The largest absolute Gasteiger partial charge is 0.493 e. The van der Waals surface area contributed by atoms with Crippen molar-refractivity contribution in [3.63, 3.8) is 0 Å². The molecule has 0 spiro atoms. The SMILES string of the molecule is COc1cc2c3c(c(C4CC4)nc2cc1OCCCN1CCCC1)CCC(C)(C)N3.O=CO. The van der Waals surface area contributed by atoms with Gasteiger partial charge in [-0.2, -0.15) is 0 Å². The highest BCUT2D eigenvalue weighted by atomic mass is 16.5. The van der Waals surface area contributed by atoms with Gasteiger partial charge in [0.1, 0.15) is 0 Å². The van der Waals surface area contributed by atoms with Crippen molar-refractivity contribution in [2.24, 2.45) is 0 Å². The van der Waals surface area contributed by atoms with Gasteiger partial charge in [0.15, 0.2) is 11.5 Å². The van der Waals surface area contributed by atoms with E-state index in [1.165, 1.54) is 55.7 Å². The van der Waals surface area contributed by atoms with Crippen LogP contribution >= 0.6 is 0 Å². The number of likely N-dealkylation sites (tertiary alicyclic amines) is 1. The van der Waals surface area contributed by atoms with E-state index in [0.717, 1.165) is 48.2 Å². The molecule has 0 bridgehead atoms. The number of nitrogens with zero attached hydrogens (tertiary/aromatic N) is 2. The summed E-state index contributed by atoms with van der Waals surface area (Å²) in [7, 11) is 1.73. The van der Waals surface area contributed by atoms with Gasteiger partial charge >= 0.3 is 0 Å². The highest BCUT2D eigenvalue weighted by Gasteiger charge is 2.34. The second kappa shape index (κ2) is 10.2. The van der Waals surface area contributed by atoms with Gasteiger partial charge < -0.3 is 24.8 Å². The predicted octanol–water partition coefficient (Wildman–Crippen LogP) is 4.82. The first-order valence-corrected chi connectivity index (χ1v) is 12.2. The lowest BCUT2D eigenvalue weighted by atomic mass is 9.86. The number of hydrogen-bond acceptors (Lipinski definition) is 6. The lowest BCUT2D eigenvalue weighted by molar-refractivity contribution is -0.122. The molecule has 5 rings (SSSR count). The summed E-state index contributed by atoms with van der Waals surface area (Å²) in [5.74, 6) is 2.26. The van der Waals surface area contributed by atoms with Crippen LogP contribution in [0, 0.1) is 0 Å². The second-order valence-electron chi connectivity index (χ2n) is 10.0. The Kier molecular flexibility index (Phi) is 7.27. The number of anilines is 1. The Labute approximate surface area is 196 Å². The number of fused-ring (bicyclic) bond motifs is 3. The maximum Gasteiger partial charge on any atom is 0.290 e. The molecule has 2 aliphatic heterocycles. The van der Waals surface area contributed by atoms with Crippen molar-refractivity contribution in [3.8, 4) is 11.5 Å². The van der Waals surface area contributed by atoms with Crippen LogP contribution in [0.15, 0.2) is 12.1 Å². The fourth-order valence-electron chi connectivity index (χ4n) is 5.01. The van der Waals surface area contributed by atoms with Crippen molar-refractivity contribution >= 4 is 23.1 Å². The highest BCUT2D eigenvalue weighted by Crippen LogP contribution is 2.48. The lowest BCUT2D eigenvalue weighted by Crippen LogP contribution is -2.35. The number of methoxy groups -OCH3 is 1. The number of benzene rings is 1. The van der Waals surface area contributed by atoms with E-state index in [-0.39, 0.29) is 12.0 Å². The molecule has 1 saturated carbocycles. The van der Waals surface area contributed by atoms with Crippen molar-refractivity contribution in [1.29, 1.82) is 0 Å². The maximum atomic E-state index is 8.36. The third-order valence-corrected chi connectivity index (χ3v) is 6.91. The molecule has 1 aromatic carbocycles. The molecule has 1 saturated heterocycles. The van der Waals surface area contributed by atoms with Crippen LogP contribution in [0.1, 0.15) is 69.5 Å². The smallest absolute Gasteiger partial charge is 0.290 e. The highest BCUT2D eigenvalue weighted by molar-refractivity contribution is 5.96. The molecule has 0 atom stereocenters. The summed E-state index contributed by atoms with van der Waals surface area (Å²) >= 11 is 0. The van der Waals surface area contributed by atoms with Crippen molar-refractivity contribution in [2.45, 2.75) is 70.3 Å². The van der Waals surface area contributed by atoms with Crippen molar-refractivity contribution in [1.82, 2.24) is 9.88 Å². The Bertz CT molecular complexity index is 981. The first-order valence-electron chi connectivity index (χ1n) is 12.2. The van der Waals surface area contributed by atoms with Gasteiger partial charge in [-0.3, -0.25) is 9.78 Å². The minimum absolute atomic E-state index is 0.0973. The molecule has 2 fully saturated rings. The molecule has 0 radical (unpaired) electrons. The standard InChI is InChI=1S/C25H35N3O2.CH2O2/c1-25(2)10-9-18-23(17-7-8-17)26-20-16-22(21(29-3)15-19(20)24(18)27-25)30-14-6-13-28-11-4-5-12-28;2-1-3/h15-17,27H,4-14H2,1-3H3;1H,(H,2,3). The van der Waals surface area contributed by atoms with E-state index in [1.54, 1.807) is 7.11 Å². The van der Waals surface area contributed by atoms with E-state index < -0.39 is 0 Å². The molecule has 180 valence electrons. The zero-order chi connectivity index (χ0) is 23.4. The monoisotopic (exact) mass is 455 g/mol. The topological polar surface area (TPSA) is 83.9 Å². The fraction of sp³-hybridized carbons (Fsp3) is 0.615. The molecule has 7 nitrogen and oxygen atoms in total. The Morgan fingerprint density at radius 1 is 1.24 bits per heavy atom. The van der Waals surface area contributed by atoms with E-state index >= 15 is 0 Å². The zero-order valence-corrected chi connectivity index (χ0v) is 20.2. The lowest BCUT2D eigenvalue weighted by Gasteiger charge is -2.35.